The molecule has 0 saturated carbocycles. The van der Waals surface area contributed by atoms with Gasteiger partial charge in [-0.15, -0.1) is 0 Å². The van der Waals surface area contributed by atoms with Gasteiger partial charge >= 0.3 is 6.09 Å². The van der Waals surface area contributed by atoms with E-state index in [0.29, 0.717) is 6.61 Å². The predicted octanol–water partition coefficient (Wildman–Crippen LogP) is 1.31. The lowest BCUT2D eigenvalue weighted by atomic mass is 10.1. The van der Waals surface area contributed by atoms with Crippen molar-refractivity contribution in [1.29, 1.82) is 0 Å². The highest BCUT2D eigenvalue weighted by Gasteiger charge is 2.33. The number of benzene rings is 1. The maximum absolute atomic E-state index is 11.2. The Hall–Kier alpha value is -1.55. The molecule has 2 rings (SSSR count). The van der Waals surface area contributed by atoms with Gasteiger partial charge in [-0.1, -0.05) is 30.3 Å². The second kappa shape index (κ2) is 3.67. The quantitative estimate of drug-likeness (QED) is 0.768. The average molecular weight is 192 g/mol. The van der Waals surface area contributed by atoms with Crippen molar-refractivity contribution in [3.8, 4) is 0 Å². The molecule has 4 nitrogen and oxygen atoms in total. The molecule has 1 N–H and O–H groups in total. The van der Waals surface area contributed by atoms with Gasteiger partial charge in [0.1, 0.15) is 12.6 Å². The third-order valence-corrected chi connectivity index (χ3v) is 2.30. The largest absolute Gasteiger partial charge is 0.446 e. The van der Waals surface area contributed by atoms with Gasteiger partial charge in [0.25, 0.3) is 0 Å². The van der Waals surface area contributed by atoms with Crippen molar-refractivity contribution in [3.63, 3.8) is 0 Å². The summed E-state index contributed by atoms with van der Waals surface area (Å²) in [7, 11) is 1.71. The molecule has 1 heterocycles. The molecule has 1 aromatic rings. The van der Waals surface area contributed by atoms with E-state index >= 15 is 0 Å². The Labute approximate surface area is 82.4 Å². The summed E-state index contributed by atoms with van der Waals surface area (Å²) in [4.78, 5) is 11.2. The van der Waals surface area contributed by atoms with Crippen LogP contribution in [0.25, 0.3) is 0 Å². The van der Waals surface area contributed by atoms with Crippen molar-refractivity contribution in [1.82, 2.24) is 10.4 Å². The molecule has 1 aliphatic rings. The van der Waals surface area contributed by atoms with Crippen LogP contribution in [-0.4, -0.2) is 24.8 Å². The number of carbonyl (C=O) groups is 1. The standard InChI is InChI=1S/C10H12N2O2/c1-11-12-9(7-14-10(12)13)8-5-3-2-4-6-8/h2-6,9,11H,7H2,1H3. The van der Waals surface area contributed by atoms with Crippen LogP contribution in [0.5, 0.6) is 0 Å². The fourth-order valence-corrected chi connectivity index (χ4v) is 1.59. The van der Waals surface area contributed by atoms with Crippen molar-refractivity contribution < 1.29 is 9.53 Å². The van der Waals surface area contributed by atoms with Crippen molar-refractivity contribution in [2.45, 2.75) is 6.04 Å². The number of nitrogens with zero attached hydrogens (tertiary/aromatic N) is 1. The first kappa shape index (κ1) is 9.02. The van der Waals surface area contributed by atoms with Crippen molar-refractivity contribution in [3.05, 3.63) is 35.9 Å². The Bertz CT molecular complexity index is 326. The molecule has 1 aliphatic heterocycles. The van der Waals surface area contributed by atoms with Crippen molar-refractivity contribution in [2.24, 2.45) is 0 Å². The van der Waals surface area contributed by atoms with Crippen LogP contribution in [0.3, 0.4) is 0 Å². The normalized spacial score (nSPS) is 21.1. The van der Waals surface area contributed by atoms with E-state index in [9.17, 15) is 4.79 Å². The number of hydrogen-bond acceptors (Lipinski definition) is 3. The average Bonchev–Trinajstić information content (AvgIpc) is 2.61. The summed E-state index contributed by atoms with van der Waals surface area (Å²) in [5, 5.41) is 1.50. The second-order valence-corrected chi connectivity index (χ2v) is 3.10. The van der Waals surface area contributed by atoms with Crippen LogP contribution in [0.2, 0.25) is 0 Å². The summed E-state index contributed by atoms with van der Waals surface area (Å²) < 4.78 is 4.95. The van der Waals surface area contributed by atoms with Crippen LogP contribution < -0.4 is 5.43 Å². The molecule has 0 radical (unpaired) electrons. The Kier molecular flexibility index (Phi) is 2.37. The lowest BCUT2D eigenvalue weighted by molar-refractivity contribution is 0.145. The second-order valence-electron chi connectivity index (χ2n) is 3.10. The molecule has 4 heteroatoms. The zero-order valence-corrected chi connectivity index (χ0v) is 7.93. The third kappa shape index (κ3) is 1.44. The monoisotopic (exact) mass is 192 g/mol. The zero-order valence-electron chi connectivity index (χ0n) is 7.93. The number of cyclic esters (lactones) is 1. The predicted molar refractivity (Wildman–Crippen MR) is 51.4 cm³/mol. The van der Waals surface area contributed by atoms with Gasteiger partial charge in [-0.3, -0.25) is 0 Å². The number of nitrogens with one attached hydrogen (secondary N) is 1. The molecule has 0 spiro atoms. The van der Waals surface area contributed by atoms with E-state index in [4.69, 9.17) is 4.74 Å². The molecular weight excluding hydrogens is 180 g/mol. The highest BCUT2D eigenvalue weighted by Crippen LogP contribution is 2.24. The van der Waals surface area contributed by atoms with Gasteiger partial charge in [0, 0.05) is 7.05 Å². The first-order valence-electron chi connectivity index (χ1n) is 4.51. The van der Waals surface area contributed by atoms with Crippen molar-refractivity contribution in [2.75, 3.05) is 13.7 Å². The third-order valence-electron chi connectivity index (χ3n) is 2.30. The summed E-state index contributed by atoms with van der Waals surface area (Å²) in [5.74, 6) is 0. The zero-order chi connectivity index (χ0) is 9.97. The molecular formula is C10H12N2O2. The first-order valence-corrected chi connectivity index (χ1v) is 4.51. The fourth-order valence-electron chi connectivity index (χ4n) is 1.59. The van der Waals surface area contributed by atoms with Gasteiger partial charge in [0.05, 0.1) is 0 Å². The molecule has 0 bridgehead atoms. The van der Waals surface area contributed by atoms with E-state index in [1.165, 1.54) is 5.01 Å². The molecule has 1 saturated heterocycles. The minimum absolute atomic E-state index is 0.0197. The molecule has 1 aromatic carbocycles. The summed E-state index contributed by atoms with van der Waals surface area (Å²) in [6.45, 7) is 0.406. The Morgan fingerprint density at radius 1 is 1.43 bits per heavy atom. The van der Waals surface area contributed by atoms with Gasteiger partial charge in [0.15, 0.2) is 0 Å². The molecule has 1 fully saturated rings. The first-order chi connectivity index (χ1) is 6.83. The van der Waals surface area contributed by atoms with E-state index in [1.54, 1.807) is 7.05 Å². The number of carbonyl (C=O) groups excluding carboxylic acids is 1. The van der Waals surface area contributed by atoms with E-state index in [0.717, 1.165) is 5.56 Å². The highest BCUT2D eigenvalue weighted by molar-refractivity contribution is 5.69. The molecule has 1 amide bonds. The van der Waals surface area contributed by atoms with E-state index in [-0.39, 0.29) is 12.1 Å². The van der Waals surface area contributed by atoms with Crippen LogP contribution in [0.15, 0.2) is 30.3 Å². The lowest BCUT2D eigenvalue weighted by Gasteiger charge is -2.19. The lowest BCUT2D eigenvalue weighted by Crippen LogP contribution is -2.37. The Balaban J connectivity index is 2.23. The summed E-state index contributed by atoms with van der Waals surface area (Å²) in [6, 6.07) is 9.80. The molecule has 1 atom stereocenters. The smallest absolute Gasteiger partial charge is 0.425 e. The van der Waals surface area contributed by atoms with E-state index in [2.05, 4.69) is 5.43 Å². The van der Waals surface area contributed by atoms with Gasteiger partial charge < -0.3 is 4.74 Å². The van der Waals surface area contributed by atoms with Crippen LogP contribution >= 0.6 is 0 Å². The van der Waals surface area contributed by atoms with Crippen LogP contribution in [0.1, 0.15) is 11.6 Å². The number of rotatable bonds is 2. The number of hydrogen-bond donors (Lipinski definition) is 1. The number of hydrazine groups is 1. The maximum atomic E-state index is 11.2. The summed E-state index contributed by atoms with van der Waals surface area (Å²) >= 11 is 0. The molecule has 14 heavy (non-hydrogen) atoms. The summed E-state index contributed by atoms with van der Waals surface area (Å²) in [5.41, 5.74) is 3.90. The Morgan fingerprint density at radius 2 is 2.14 bits per heavy atom. The van der Waals surface area contributed by atoms with Crippen LogP contribution in [0, 0.1) is 0 Å². The maximum Gasteiger partial charge on any atom is 0.425 e. The van der Waals surface area contributed by atoms with Gasteiger partial charge in [-0.2, -0.15) is 0 Å². The summed E-state index contributed by atoms with van der Waals surface area (Å²) in [6.07, 6.45) is -0.318. The van der Waals surface area contributed by atoms with Gasteiger partial charge in [-0.25, -0.2) is 15.2 Å². The van der Waals surface area contributed by atoms with E-state index in [1.807, 2.05) is 30.3 Å². The van der Waals surface area contributed by atoms with Crippen LogP contribution in [-0.2, 0) is 4.74 Å². The van der Waals surface area contributed by atoms with Gasteiger partial charge in [-0.05, 0) is 5.56 Å². The fraction of sp³-hybridized carbons (Fsp3) is 0.300. The van der Waals surface area contributed by atoms with Crippen LogP contribution in [0.4, 0.5) is 4.79 Å². The minimum atomic E-state index is -0.318. The highest BCUT2D eigenvalue weighted by atomic mass is 16.6. The SMILES string of the molecule is CNN1C(=O)OCC1c1ccccc1. The number of ether oxygens (including phenoxy) is 1. The molecule has 0 aliphatic carbocycles. The molecule has 0 aromatic heterocycles. The Morgan fingerprint density at radius 3 is 2.79 bits per heavy atom. The van der Waals surface area contributed by atoms with E-state index < -0.39 is 0 Å². The number of amides is 1. The molecule has 1 unspecified atom stereocenters. The minimum Gasteiger partial charge on any atom is -0.446 e. The van der Waals surface area contributed by atoms with Gasteiger partial charge in [0.2, 0.25) is 0 Å². The topological polar surface area (TPSA) is 41.6 Å². The van der Waals surface area contributed by atoms with Crippen molar-refractivity contribution >= 4 is 6.09 Å². The molecule has 74 valence electrons.